The van der Waals surface area contributed by atoms with E-state index in [1.165, 1.54) is 41.0 Å². The number of nitrogens with one attached hydrogen (secondary N) is 1. The monoisotopic (exact) mass is 465 g/mol. The van der Waals surface area contributed by atoms with Crippen LogP contribution in [0, 0.1) is 13.8 Å². The molecule has 168 valence electrons. The van der Waals surface area contributed by atoms with E-state index in [4.69, 9.17) is 10.5 Å². The molecule has 0 spiro atoms. The van der Waals surface area contributed by atoms with E-state index in [1.807, 2.05) is 6.92 Å². The number of carbonyl (C=O) groups is 2. The number of rotatable bonds is 6. The highest BCUT2D eigenvalue weighted by atomic mass is 32.2. The molecule has 1 fully saturated rings. The van der Waals surface area contributed by atoms with Crippen molar-refractivity contribution in [2.75, 3.05) is 25.5 Å². The van der Waals surface area contributed by atoms with Crippen molar-refractivity contribution in [3.8, 4) is 5.75 Å². The Bertz CT molecular complexity index is 1100. The number of methoxy groups -OCH3 is 1. The van der Waals surface area contributed by atoms with Crippen LogP contribution in [0.1, 0.15) is 56.8 Å². The Kier molecular flexibility index (Phi) is 7.03. The normalized spacial score (nSPS) is 15.3. The summed E-state index contributed by atoms with van der Waals surface area (Å²) in [6.07, 6.45) is 3.64. The van der Waals surface area contributed by atoms with Gasteiger partial charge in [-0.05, 0) is 50.5 Å². The number of carbonyl (C=O) groups excluding carboxylic acids is 2. The van der Waals surface area contributed by atoms with Crippen LogP contribution in [-0.2, 0) is 10.0 Å². The average Bonchev–Trinajstić information content (AvgIpc) is 2.92. The molecule has 1 aliphatic rings. The van der Waals surface area contributed by atoms with Gasteiger partial charge in [-0.25, -0.2) is 8.42 Å². The minimum atomic E-state index is -3.74. The van der Waals surface area contributed by atoms with Crippen LogP contribution < -0.4 is 15.8 Å². The maximum absolute atomic E-state index is 13.2. The number of benzene rings is 1. The van der Waals surface area contributed by atoms with Crippen molar-refractivity contribution < 1.29 is 22.7 Å². The number of anilines is 1. The van der Waals surface area contributed by atoms with Gasteiger partial charge in [0.2, 0.25) is 10.0 Å². The zero-order valence-corrected chi connectivity index (χ0v) is 19.5. The summed E-state index contributed by atoms with van der Waals surface area (Å²) in [6, 6.07) is 4.25. The van der Waals surface area contributed by atoms with Crippen molar-refractivity contribution in [2.45, 2.75) is 44.4 Å². The highest BCUT2D eigenvalue weighted by Crippen LogP contribution is 2.33. The lowest BCUT2D eigenvalue weighted by Crippen LogP contribution is -2.32. The van der Waals surface area contributed by atoms with Crippen LogP contribution in [0.25, 0.3) is 0 Å². The molecule has 3 N–H and O–H groups in total. The van der Waals surface area contributed by atoms with Crippen molar-refractivity contribution in [1.82, 2.24) is 4.31 Å². The fourth-order valence-electron chi connectivity index (χ4n) is 3.64. The first-order chi connectivity index (χ1) is 14.7. The van der Waals surface area contributed by atoms with Gasteiger partial charge in [-0.3, -0.25) is 9.59 Å². The largest absolute Gasteiger partial charge is 0.496 e. The van der Waals surface area contributed by atoms with Crippen LogP contribution in [-0.4, -0.2) is 44.7 Å². The lowest BCUT2D eigenvalue weighted by atomic mass is 10.1. The lowest BCUT2D eigenvalue weighted by Gasteiger charge is -2.20. The maximum Gasteiger partial charge on any atom is 0.260 e. The maximum atomic E-state index is 13.2. The quantitative estimate of drug-likeness (QED) is 0.679. The van der Waals surface area contributed by atoms with E-state index in [-0.39, 0.29) is 21.8 Å². The van der Waals surface area contributed by atoms with Gasteiger partial charge in [-0.2, -0.15) is 4.31 Å². The first kappa shape index (κ1) is 23.2. The summed E-state index contributed by atoms with van der Waals surface area (Å²) in [5.41, 5.74) is 6.51. The molecule has 1 aliphatic heterocycles. The van der Waals surface area contributed by atoms with Crippen molar-refractivity contribution in [3.63, 3.8) is 0 Å². The fourth-order valence-corrected chi connectivity index (χ4v) is 6.24. The summed E-state index contributed by atoms with van der Waals surface area (Å²) in [5, 5.41) is 3.03. The molecule has 10 heteroatoms. The molecule has 3 rings (SSSR count). The molecule has 0 radical (unpaired) electrons. The number of hydrogen-bond donors (Lipinski definition) is 2. The van der Waals surface area contributed by atoms with Gasteiger partial charge in [-0.15, -0.1) is 11.3 Å². The number of aryl methyl sites for hydroxylation is 1. The van der Waals surface area contributed by atoms with E-state index in [1.54, 1.807) is 6.92 Å². The number of hydrogen-bond acceptors (Lipinski definition) is 6. The summed E-state index contributed by atoms with van der Waals surface area (Å²) in [5.74, 6) is -0.979. The molecular weight excluding hydrogens is 438 g/mol. The highest BCUT2D eigenvalue weighted by Gasteiger charge is 2.28. The Morgan fingerprint density at radius 2 is 1.77 bits per heavy atom. The number of primary amides is 1. The second-order valence-electron chi connectivity index (χ2n) is 7.49. The van der Waals surface area contributed by atoms with Crippen LogP contribution >= 0.6 is 11.3 Å². The van der Waals surface area contributed by atoms with E-state index < -0.39 is 21.8 Å². The molecule has 0 aliphatic carbocycles. The molecular formula is C21H27N3O5S2. The second kappa shape index (κ2) is 9.37. The molecule has 2 aromatic rings. The topological polar surface area (TPSA) is 119 Å². The van der Waals surface area contributed by atoms with Gasteiger partial charge in [-0.1, -0.05) is 12.8 Å². The van der Waals surface area contributed by atoms with Crippen LogP contribution in [0.3, 0.4) is 0 Å². The molecule has 2 amide bonds. The van der Waals surface area contributed by atoms with E-state index in [2.05, 4.69) is 5.32 Å². The van der Waals surface area contributed by atoms with E-state index in [0.717, 1.165) is 30.6 Å². The minimum absolute atomic E-state index is 0.0361. The first-order valence-electron chi connectivity index (χ1n) is 10.1. The summed E-state index contributed by atoms with van der Waals surface area (Å²) in [7, 11) is -2.33. The number of nitrogens with zero attached hydrogens (tertiary/aromatic N) is 1. The van der Waals surface area contributed by atoms with Gasteiger partial charge in [0.15, 0.2) is 0 Å². The van der Waals surface area contributed by atoms with E-state index in [0.29, 0.717) is 23.7 Å². The van der Waals surface area contributed by atoms with Crippen LogP contribution in [0.15, 0.2) is 23.1 Å². The van der Waals surface area contributed by atoms with Crippen LogP contribution in [0.4, 0.5) is 5.00 Å². The van der Waals surface area contributed by atoms with Gasteiger partial charge >= 0.3 is 0 Å². The smallest absolute Gasteiger partial charge is 0.260 e. The fraction of sp³-hybridized carbons (Fsp3) is 0.429. The molecule has 0 atom stereocenters. The van der Waals surface area contributed by atoms with E-state index in [9.17, 15) is 18.0 Å². The van der Waals surface area contributed by atoms with Crippen molar-refractivity contribution in [1.29, 1.82) is 0 Å². The van der Waals surface area contributed by atoms with Gasteiger partial charge < -0.3 is 15.8 Å². The Morgan fingerprint density at radius 1 is 1.13 bits per heavy atom. The Balaban J connectivity index is 1.97. The molecule has 1 saturated heterocycles. The minimum Gasteiger partial charge on any atom is -0.496 e. The number of ether oxygens (including phenoxy) is 1. The van der Waals surface area contributed by atoms with E-state index >= 15 is 0 Å². The summed E-state index contributed by atoms with van der Waals surface area (Å²) >= 11 is 1.24. The standard InChI is InChI=1S/C21H27N3O5S2/c1-13-14(2)30-21(18(13)19(22)25)23-20(26)16-12-15(8-9-17(16)29-3)31(27,28)24-10-6-4-5-7-11-24/h8-9,12H,4-7,10-11H2,1-3H3,(H2,22,25)(H,23,26). The first-order valence-corrected chi connectivity index (χ1v) is 12.3. The van der Waals surface area contributed by atoms with Crippen molar-refractivity contribution >= 4 is 38.2 Å². The third-order valence-corrected chi connectivity index (χ3v) is 8.49. The predicted molar refractivity (Wildman–Crippen MR) is 120 cm³/mol. The summed E-state index contributed by atoms with van der Waals surface area (Å²) < 4.78 is 33.1. The number of sulfonamides is 1. The molecule has 2 heterocycles. The number of nitrogens with two attached hydrogens (primary N) is 1. The van der Waals surface area contributed by atoms with Crippen molar-refractivity contribution in [2.24, 2.45) is 5.73 Å². The third kappa shape index (κ3) is 4.76. The van der Waals surface area contributed by atoms with Gasteiger partial charge in [0.25, 0.3) is 11.8 Å². The SMILES string of the molecule is COc1ccc(S(=O)(=O)N2CCCCCC2)cc1C(=O)Nc1sc(C)c(C)c1C(N)=O. The Labute approximate surface area is 186 Å². The second-order valence-corrected chi connectivity index (χ2v) is 10.6. The highest BCUT2D eigenvalue weighted by molar-refractivity contribution is 7.89. The van der Waals surface area contributed by atoms with Crippen molar-refractivity contribution in [3.05, 3.63) is 39.8 Å². The predicted octanol–water partition coefficient (Wildman–Crippen LogP) is 3.29. The molecule has 8 nitrogen and oxygen atoms in total. The molecule has 0 unspecified atom stereocenters. The van der Waals surface area contributed by atoms with Crippen LogP contribution in [0.5, 0.6) is 5.75 Å². The van der Waals surface area contributed by atoms with Gasteiger partial charge in [0.05, 0.1) is 23.1 Å². The molecule has 1 aromatic heterocycles. The zero-order valence-electron chi connectivity index (χ0n) is 17.9. The molecule has 1 aromatic carbocycles. The lowest BCUT2D eigenvalue weighted by molar-refractivity contribution is 0.100. The summed E-state index contributed by atoms with van der Waals surface area (Å²) in [6.45, 7) is 4.52. The Hall–Kier alpha value is -2.43. The third-order valence-electron chi connectivity index (χ3n) is 5.48. The van der Waals surface area contributed by atoms with Gasteiger partial charge in [0, 0.05) is 18.0 Å². The zero-order chi connectivity index (χ0) is 22.8. The molecule has 0 bridgehead atoms. The van der Waals surface area contributed by atoms with Gasteiger partial charge in [0.1, 0.15) is 10.8 Å². The number of thiophene rings is 1. The molecule has 31 heavy (non-hydrogen) atoms. The Morgan fingerprint density at radius 3 is 2.35 bits per heavy atom. The molecule has 0 saturated carbocycles. The van der Waals surface area contributed by atoms with Crippen LogP contribution in [0.2, 0.25) is 0 Å². The average molecular weight is 466 g/mol. The summed E-state index contributed by atoms with van der Waals surface area (Å²) in [4.78, 5) is 25.8. The number of amides is 2.